The number of morpholine rings is 1. The lowest BCUT2D eigenvalue weighted by Crippen LogP contribution is -2.51. The third-order valence-electron chi connectivity index (χ3n) is 3.49. The molecule has 3 heterocycles. The van der Waals surface area contributed by atoms with Gasteiger partial charge in [-0.3, -0.25) is 4.90 Å². The quantitative estimate of drug-likeness (QED) is 0.728. The van der Waals surface area contributed by atoms with Crippen LogP contribution in [0.25, 0.3) is 11.0 Å². The molecule has 1 aliphatic rings. The Morgan fingerprint density at radius 1 is 1.62 bits per heavy atom. The van der Waals surface area contributed by atoms with Crippen LogP contribution in [0.2, 0.25) is 0 Å². The molecule has 1 atom stereocenters. The minimum Gasteiger partial charge on any atom is -0.465 e. The SMILES string of the molecule is CN(C(=O)O)C1CN(c2nc(N)nc3[nH]ccc23)CCO1. The highest BCUT2D eigenvalue weighted by molar-refractivity contribution is 5.88. The number of amides is 1. The van der Waals surface area contributed by atoms with E-state index in [2.05, 4.69) is 15.0 Å². The molecule has 1 unspecified atom stereocenters. The van der Waals surface area contributed by atoms with Crippen molar-refractivity contribution in [3.63, 3.8) is 0 Å². The first kappa shape index (κ1) is 13.4. The van der Waals surface area contributed by atoms with E-state index in [0.717, 1.165) is 10.3 Å². The molecule has 9 nitrogen and oxygen atoms in total. The lowest BCUT2D eigenvalue weighted by atomic mass is 10.3. The van der Waals surface area contributed by atoms with Gasteiger partial charge in [0.25, 0.3) is 0 Å². The normalized spacial score (nSPS) is 18.9. The highest BCUT2D eigenvalue weighted by atomic mass is 16.5. The second-order valence-corrected chi connectivity index (χ2v) is 4.81. The van der Waals surface area contributed by atoms with E-state index in [0.29, 0.717) is 31.2 Å². The number of nitrogens with one attached hydrogen (secondary N) is 1. The van der Waals surface area contributed by atoms with Crippen LogP contribution in [0.5, 0.6) is 0 Å². The molecule has 0 spiro atoms. The number of ether oxygens (including phenoxy) is 1. The number of hydrogen-bond donors (Lipinski definition) is 3. The number of anilines is 2. The average molecular weight is 292 g/mol. The van der Waals surface area contributed by atoms with Crippen LogP contribution in [-0.2, 0) is 4.74 Å². The van der Waals surface area contributed by atoms with Crippen molar-refractivity contribution in [2.24, 2.45) is 0 Å². The van der Waals surface area contributed by atoms with Crippen LogP contribution in [0.15, 0.2) is 12.3 Å². The molecule has 1 fully saturated rings. The molecule has 0 aliphatic carbocycles. The number of nitrogens with zero attached hydrogens (tertiary/aromatic N) is 4. The molecule has 0 radical (unpaired) electrons. The fourth-order valence-electron chi connectivity index (χ4n) is 2.36. The molecule has 112 valence electrons. The maximum atomic E-state index is 11.0. The van der Waals surface area contributed by atoms with Crippen LogP contribution in [0.1, 0.15) is 0 Å². The molecule has 3 rings (SSSR count). The number of nitrogens with two attached hydrogens (primary N) is 1. The Hall–Kier alpha value is -2.55. The van der Waals surface area contributed by atoms with Crippen LogP contribution in [-0.4, -0.2) is 64.0 Å². The highest BCUT2D eigenvalue weighted by Gasteiger charge is 2.28. The number of nitrogen functional groups attached to an aromatic ring is 1. The van der Waals surface area contributed by atoms with Gasteiger partial charge in [-0.2, -0.15) is 9.97 Å². The molecule has 2 aromatic rings. The predicted octanol–water partition coefficient (Wildman–Crippen LogP) is 0.313. The Bertz CT molecular complexity index is 672. The summed E-state index contributed by atoms with van der Waals surface area (Å²) in [6.45, 7) is 1.42. The third kappa shape index (κ3) is 2.42. The molecule has 0 bridgehead atoms. The van der Waals surface area contributed by atoms with Crippen LogP contribution >= 0.6 is 0 Å². The summed E-state index contributed by atoms with van der Waals surface area (Å²) in [5.74, 6) is 0.861. The summed E-state index contributed by atoms with van der Waals surface area (Å²) in [5.41, 5.74) is 6.39. The minimum absolute atomic E-state index is 0.176. The van der Waals surface area contributed by atoms with Crippen molar-refractivity contribution in [3.8, 4) is 0 Å². The van der Waals surface area contributed by atoms with E-state index in [1.54, 1.807) is 6.20 Å². The molecule has 4 N–H and O–H groups in total. The molecule has 0 saturated carbocycles. The molecule has 2 aromatic heterocycles. The van der Waals surface area contributed by atoms with E-state index in [4.69, 9.17) is 15.6 Å². The Balaban J connectivity index is 1.91. The van der Waals surface area contributed by atoms with Crippen molar-refractivity contribution in [3.05, 3.63) is 12.3 Å². The number of H-pyrrole nitrogens is 1. The van der Waals surface area contributed by atoms with Crippen LogP contribution < -0.4 is 10.6 Å². The minimum atomic E-state index is -1.03. The van der Waals surface area contributed by atoms with E-state index in [-0.39, 0.29) is 5.95 Å². The predicted molar refractivity (Wildman–Crippen MR) is 76.0 cm³/mol. The first-order valence-electron chi connectivity index (χ1n) is 6.49. The first-order valence-corrected chi connectivity index (χ1v) is 6.49. The number of carboxylic acid groups (broad SMARTS) is 1. The summed E-state index contributed by atoms with van der Waals surface area (Å²) < 4.78 is 5.50. The van der Waals surface area contributed by atoms with Gasteiger partial charge in [0.1, 0.15) is 11.5 Å². The number of aromatic nitrogens is 3. The van der Waals surface area contributed by atoms with E-state index in [1.807, 2.05) is 11.0 Å². The molecular formula is C12H16N6O3. The van der Waals surface area contributed by atoms with Crippen molar-refractivity contribution in [2.45, 2.75) is 6.23 Å². The zero-order valence-corrected chi connectivity index (χ0v) is 11.5. The zero-order valence-electron chi connectivity index (χ0n) is 11.5. The lowest BCUT2D eigenvalue weighted by Gasteiger charge is -2.37. The van der Waals surface area contributed by atoms with Crippen molar-refractivity contribution < 1.29 is 14.6 Å². The lowest BCUT2D eigenvalue weighted by molar-refractivity contribution is -0.0447. The first-order chi connectivity index (χ1) is 10.1. The topological polar surface area (TPSA) is 121 Å². The van der Waals surface area contributed by atoms with Gasteiger partial charge in [-0.15, -0.1) is 0 Å². The summed E-state index contributed by atoms with van der Waals surface area (Å²) in [6.07, 6.45) is 0.195. The second kappa shape index (κ2) is 5.09. The van der Waals surface area contributed by atoms with Gasteiger partial charge in [-0.25, -0.2) is 4.79 Å². The number of carbonyl (C=O) groups is 1. The van der Waals surface area contributed by atoms with Gasteiger partial charge in [-0.1, -0.05) is 0 Å². The molecule has 21 heavy (non-hydrogen) atoms. The standard InChI is InChI=1S/C12H16N6O3/c1-17(12(19)20)8-6-18(4-5-21-8)10-7-2-3-14-9(7)15-11(13)16-10/h2-3,8H,4-6H2,1H3,(H,19,20)(H3,13,14,15,16). The monoisotopic (exact) mass is 292 g/mol. The summed E-state index contributed by atoms with van der Waals surface area (Å²) in [4.78, 5) is 25.6. The van der Waals surface area contributed by atoms with E-state index in [1.165, 1.54) is 7.05 Å². The smallest absolute Gasteiger partial charge is 0.409 e. The van der Waals surface area contributed by atoms with Crippen molar-refractivity contribution in [1.82, 2.24) is 19.9 Å². The summed E-state index contributed by atoms with van der Waals surface area (Å²) in [5, 5.41) is 9.90. The fourth-order valence-corrected chi connectivity index (χ4v) is 2.36. The Morgan fingerprint density at radius 3 is 3.19 bits per heavy atom. The van der Waals surface area contributed by atoms with Crippen LogP contribution in [0, 0.1) is 0 Å². The molecule has 1 aliphatic heterocycles. The van der Waals surface area contributed by atoms with Gasteiger partial charge in [-0.05, 0) is 6.07 Å². The second-order valence-electron chi connectivity index (χ2n) is 4.81. The molecule has 1 saturated heterocycles. The summed E-state index contributed by atoms with van der Waals surface area (Å²) >= 11 is 0. The fraction of sp³-hybridized carbons (Fsp3) is 0.417. The third-order valence-corrected chi connectivity index (χ3v) is 3.49. The van der Waals surface area contributed by atoms with E-state index in [9.17, 15) is 4.79 Å². The van der Waals surface area contributed by atoms with Gasteiger partial charge in [0.05, 0.1) is 18.5 Å². The van der Waals surface area contributed by atoms with Crippen molar-refractivity contribution >= 4 is 28.9 Å². The molecule has 1 amide bonds. The zero-order chi connectivity index (χ0) is 15.0. The Labute approximate surface area is 120 Å². The maximum absolute atomic E-state index is 11.0. The van der Waals surface area contributed by atoms with Gasteiger partial charge < -0.3 is 25.5 Å². The number of rotatable bonds is 2. The Kier molecular flexibility index (Phi) is 3.26. The van der Waals surface area contributed by atoms with Gasteiger partial charge >= 0.3 is 6.09 Å². The largest absolute Gasteiger partial charge is 0.465 e. The highest BCUT2D eigenvalue weighted by Crippen LogP contribution is 2.25. The van der Waals surface area contributed by atoms with Crippen molar-refractivity contribution in [2.75, 3.05) is 37.4 Å². The summed E-state index contributed by atoms with van der Waals surface area (Å²) in [6, 6.07) is 1.87. The molecule has 0 aromatic carbocycles. The van der Waals surface area contributed by atoms with Crippen LogP contribution in [0.3, 0.4) is 0 Å². The molecular weight excluding hydrogens is 276 g/mol. The van der Waals surface area contributed by atoms with E-state index < -0.39 is 12.3 Å². The van der Waals surface area contributed by atoms with Gasteiger partial charge in [0.2, 0.25) is 5.95 Å². The number of aromatic amines is 1. The number of fused-ring (bicyclic) bond motifs is 1. The van der Waals surface area contributed by atoms with E-state index >= 15 is 0 Å². The van der Waals surface area contributed by atoms with Gasteiger partial charge in [0, 0.05) is 19.8 Å². The summed E-state index contributed by atoms with van der Waals surface area (Å²) in [7, 11) is 1.48. The Morgan fingerprint density at radius 2 is 2.43 bits per heavy atom. The number of likely N-dealkylation sites (N-methyl/N-ethyl adjacent to an activating group) is 1. The van der Waals surface area contributed by atoms with Gasteiger partial charge in [0.15, 0.2) is 6.23 Å². The van der Waals surface area contributed by atoms with Crippen molar-refractivity contribution in [1.29, 1.82) is 0 Å². The molecule has 9 heteroatoms. The maximum Gasteiger partial charge on any atom is 0.409 e. The number of hydrogen-bond acceptors (Lipinski definition) is 6. The average Bonchev–Trinajstić information content (AvgIpc) is 2.93. The van der Waals surface area contributed by atoms with Crippen LogP contribution in [0.4, 0.5) is 16.6 Å².